The first-order valence-corrected chi connectivity index (χ1v) is 6.75. The van der Waals surface area contributed by atoms with Crippen LogP contribution in [0.25, 0.3) is 0 Å². The van der Waals surface area contributed by atoms with Crippen LogP contribution >= 0.6 is 0 Å². The monoisotopic (exact) mass is 265 g/mol. The number of nitrogens with one attached hydrogen (secondary N) is 3. The summed E-state index contributed by atoms with van der Waals surface area (Å²) < 4.78 is 0. The van der Waals surface area contributed by atoms with E-state index in [0.717, 1.165) is 6.54 Å². The van der Waals surface area contributed by atoms with Crippen LogP contribution in [0, 0.1) is 5.92 Å². The molecule has 1 aromatic rings. The summed E-state index contributed by atoms with van der Waals surface area (Å²) in [4.78, 5) is 15.2. The van der Waals surface area contributed by atoms with E-state index in [0.29, 0.717) is 23.8 Å². The Bertz CT molecular complexity index is 379. The molecule has 1 aliphatic rings. The minimum Gasteiger partial charge on any atom is -0.357 e. The average molecular weight is 265 g/mol. The summed E-state index contributed by atoms with van der Waals surface area (Å²) in [6, 6.07) is 0. The van der Waals surface area contributed by atoms with Crippen molar-refractivity contribution in [3.8, 4) is 0 Å². The lowest BCUT2D eigenvalue weighted by Gasteiger charge is -2.28. The molecule has 0 saturated carbocycles. The Labute approximate surface area is 114 Å². The van der Waals surface area contributed by atoms with Crippen molar-refractivity contribution in [2.75, 3.05) is 56.7 Å². The maximum atomic E-state index is 4.30. The van der Waals surface area contributed by atoms with E-state index in [9.17, 15) is 0 Å². The van der Waals surface area contributed by atoms with Gasteiger partial charge in [-0.1, -0.05) is 0 Å². The summed E-state index contributed by atoms with van der Waals surface area (Å²) in [5, 5.41) is 9.19. The summed E-state index contributed by atoms with van der Waals surface area (Å²) in [6.07, 6.45) is 2.46. The Hall–Kier alpha value is -1.63. The number of nitrogens with zero attached hydrogens (tertiary/aromatic N) is 4. The number of hydrogen-bond donors (Lipinski definition) is 3. The molecular formula is C12H23N7. The topological polar surface area (TPSA) is 78.0 Å². The molecule has 1 saturated heterocycles. The fourth-order valence-electron chi connectivity index (χ4n) is 2.18. The van der Waals surface area contributed by atoms with Crippen LogP contribution in [0.2, 0.25) is 0 Å². The second-order valence-corrected chi connectivity index (χ2v) is 4.93. The van der Waals surface area contributed by atoms with Gasteiger partial charge < -0.3 is 20.9 Å². The molecule has 106 valence electrons. The van der Waals surface area contributed by atoms with Gasteiger partial charge in [0.15, 0.2) is 0 Å². The van der Waals surface area contributed by atoms with Gasteiger partial charge in [-0.15, -0.1) is 0 Å². The molecule has 0 radical (unpaired) electrons. The molecule has 7 heteroatoms. The molecule has 1 aromatic heterocycles. The Morgan fingerprint density at radius 2 is 1.53 bits per heavy atom. The molecule has 0 atom stereocenters. The van der Waals surface area contributed by atoms with Crippen molar-refractivity contribution in [1.82, 2.24) is 19.9 Å². The van der Waals surface area contributed by atoms with Crippen LogP contribution in [0.5, 0.6) is 0 Å². The predicted molar refractivity (Wildman–Crippen MR) is 77.6 cm³/mol. The van der Waals surface area contributed by atoms with Crippen molar-refractivity contribution in [1.29, 1.82) is 0 Å². The van der Waals surface area contributed by atoms with E-state index in [-0.39, 0.29) is 0 Å². The highest BCUT2D eigenvalue weighted by molar-refractivity contribution is 5.41. The molecular weight excluding hydrogens is 242 g/mol. The average Bonchev–Trinajstić information content (AvgIpc) is 2.46. The summed E-state index contributed by atoms with van der Waals surface area (Å²) in [5.41, 5.74) is 0. The lowest BCUT2D eigenvalue weighted by Crippen LogP contribution is -2.33. The summed E-state index contributed by atoms with van der Waals surface area (Å²) in [6.45, 7) is 3.27. The SMILES string of the molecule is CNc1nc(NC)nc(NCC2CCN(C)CC2)n1. The smallest absolute Gasteiger partial charge is 0.229 e. The minimum absolute atomic E-state index is 0.574. The lowest BCUT2D eigenvalue weighted by atomic mass is 9.97. The van der Waals surface area contributed by atoms with Gasteiger partial charge in [0, 0.05) is 20.6 Å². The van der Waals surface area contributed by atoms with Gasteiger partial charge in [-0.2, -0.15) is 15.0 Å². The third kappa shape index (κ3) is 3.92. The Balaban J connectivity index is 1.91. The van der Waals surface area contributed by atoms with E-state index < -0.39 is 0 Å². The maximum absolute atomic E-state index is 4.30. The van der Waals surface area contributed by atoms with Crippen LogP contribution in [-0.2, 0) is 0 Å². The number of piperidine rings is 1. The predicted octanol–water partition coefficient (Wildman–Crippen LogP) is 0.709. The summed E-state index contributed by atoms with van der Waals surface area (Å²) >= 11 is 0. The first kappa shape index (κ1) is 13.8. The molecule has 1 aliphatic heterocycles. The molecule has 0 amide bonds. The minimum atomic E-state index is 0.574. The van der Waals surface area contributed by atoms with Crippen LogP contribution < -0.4 is 16.0 Å². The summed E-state index contributed by atoms with van der Waals surface area (Å²) in [7, 11) is 5.78. The highest BCUT2D eigenvalue weighted by Gasteiger charge is 2.16. The van der Waals surface area contributed by atoms with E-state index in [1.54, 1.807) is 14.1 Å². The van der Waals surface area contributed by atoms with Crippen LogP contribution in [0.4, 0.5) is 17.8 Å². The first-order valence-electron chi connectivity index (χ1n) is 6.75. The zero-order valence-corrected chi connectivity index (χ0v) is 11.9. The van der Waals surface area contributed by atoms with Gasteiger partial charge in [0.05, 0.1) is 0 Å². The molecule has 0 aliphatic carbocycles. The number of aromatic nitrogens is 3. The van der Waals surface area contributed by atoms with Gasteiger partial charge in [0.25, 0.3) is 0 Å². The molecule has 2 rings (SSSR count). The molecule has 0 unspecified atom stereocenters. The fourth-order valence-corrected chi connectivity index (χ4v) is 2.18. The second kappa shape index (κ2) is 6.51. The van der Waals surface area contributed by atoms with Gasteiger partial charge in [0.2, 0.25) is 17.8 Å². The van der Waals surface area contributed by atoms with Crippen molar-refractivity contribution >= 4 is 17.8 Å². The largest absolute Gasteiger partial charge is 0.357 e. The highest BCUT2D eigenvalue weighted by atomic mass is 15.3. The molecule has 3 N–H and O–H groups in total. The van der Waals surface area contributed by atoms with E-state index in [2.05, 4.69) is 42.8 Å². The maximum Gasteiger partial charge on any atom is 0.229 e. The van der Waals surface area contributed by atoms with Gasteiger partial charge in [-0.25, -0.2) is 0 Å². The Kier molecular flexibility index (Phi) is 4.73. The molecule has 0 aromatic carbocycles. The number of likely N-dealkylation sites (tertiary alicyclic amines) is 1. The van der Waals surface area contributed by atoms with Gasteiger partial charge in [-0.3, -0.25) is 0 Å². The third-order valence-electron chi connectivity index (χ3n) is 3.47. The molecule has 7 nitrogen and oxygen atoms in total. The van der Waals surface area contributed by atoms with Crippen molar-refractivity contribution in [3.63, 3.8) is 0 Å². The van der Waals surface area contributed by atoms with E-state index in [1.807, 2.05) is 0 Å². The van der Waals surface area contributed by atoms with E-state index >= 15 is 0 Å². The van der Waals surface area contributed by atoms with Gasteiger partial charge >= 0.3 is 0 Å². The lowest BCUT2D eigenvalue weighted by molar-refractivity contribution is 0.226. The van der Waals surface area contributed by atoms with Gasteiger partial charge in [0.1, 0.15) is 0 Å². The van der Waals surface area contributed by atoms with Crippen molar-refractivity contribution < 1.29 is 0 Å². The first-order chi connectivity index (χ1) is 9.21. The number of rotatable bonds is 5. The van der Waals surface area contributed by atoms with Crippen LogP contribution in [-0.4, -0.2) is 60.6 Å². The fraction of sp³-hybridized carbons (Fsp3) is 0.750. The van der Waals surface area contributed by atoms with Crippen molar-refractivity contribution in [2.24, 2.45) is 5.92 Å². The molecule has 1 fully saturated rings. The standard InChI is InChI=1S/C12H23N7/c1-13-10-16-11(14-2)18-12(17-10)15-8-9-4-6-19(3)7-5-9/h9H,4-8H2,1-3H3,(H3,13,14,15,16,17,18). The third-order valence-corrected chi connectivity index (χ3v) is 3.47. The molecule has 0 bridgehead atoms. The normalized spacial score (nSPS) is 17.2. The zero-order valence-electron chi connectivity index (χ0n) is 11.9. The van der Waals surface area contributed by atoms with E-state index in [4.69, 9.17) is 0 Å². The zero-order chi connectivity index (χ0) is 13.7. The molecule has 19 heavy (non-hydrogen) atoms. The van der Waals surface area contributed by atoms with Gasteiger partial charge in [-0.05, 0) is 38.9 Å². The van der Waals surface area contributed by atoms with Crippen LogP contribution in [0.3, 0.4) is 0 Å². The molecule has 2 heterocycles. The van der Waals surface area contributed by atoms with Crippen LogP contribution in [0.1, 0.15) is 12.8 Å². The van der Waals surface area contributed by atoms with Crippen LogP contribution in [0.15, 0.2) is 0 Å². The Morgan fingerprint density at radius 1 is 1.00 bits per heavy atom. The number of anilines is 3. The van der Waals surface area contributed by atoms with Crippen molar-refractivity contribution in [2.45, 2.75) is 12.8 Å². The highest BCUT2D eigenvalue weighted by Crippen LogP contribution is 2.16. The molecule has 0 spiro atoms. The van der Waals surface area contributed by atoms with Crippen molar-refractivity contribution in [3.05, 3.63) is 0 Å². The summed E-state index contributed by atoms with van der Waals surface area (Å²) in [5.74, 6) is 2.47. The number of hydrogen-bond acceptors (Lipinski definition) is 7. The quantitative estimate of drug-likeness (QED) is 0.723. The second-order valence-electron chi connectivity index (χ2n) is 4.93. The Morgan fingerprint density at radius 3 is 2.05 bits per heavy atom. The van der Waals surface area contributed by atoms with E-state index in [1.165, 1.54) is 25.9 Å².